The highest BCUT2D eigenvalue weighted by atomic mass is 16.5. The van der Waals surface area contributed by atoms with Crippen molar-refractivity contribution in [2.24, 2.45) is 0 Å². The van der Waals surface area contributed by atoms with Crippen molar-refractivity contribution < 1.29 is 19.4 Å². The van der Waals surface area contributed by atoms with Gasteiger partial charge in [-0.1, -0.05) is 48.5 Å². The van der Waals surface area contributed by atoms with Crippen LogP contribution < -0.4 is 0 Å². The van der Waals surface area contributed by atoms with E-state index in [1.54, 1.807) is 4.68 Å². The van der Waals surface area contributed by atoms with Crippen LogP contribution in [0.3, 0.4) is 0 Å². The Morgan fingerprint density at radius 2 is 1.71 bits per heavy atom. The minimum atomic E-state index is -1.09. The molecule has 1 N–H and O–H groups in total. The van der Waals surface area contributed by atoms with E-state index in [1.807, 2.05) is 60.7 Å². The number of carboxylic acids is 1. The van der Waals surface area contributed by atoms with Crippen molar-refractivity contribution in [3.05, 3.63) is 66.5 Å². The van der Waals surface area contributed by atoms with Gasteiger partial charge < -0.3 is 14.7 Å². The predicted octanol–water partition coefficient (Wildman–Crippen LogP) is 1.86. The van der Waals surface area contributed by atoms with Crippen LogP contribution in [0.2, 0.25) is 0 Å². The van der Waals surface area contributed by atoms with Crippen LogP contribution in [0.25, 0.3) is 17.1 Å². The Morgan fingerprint density at radius 1 is 1.04 bits per heavy atom. The van der Waals surface area contributed by atoms with Gasteiger partial charge in [0, 0.05) is 12.1 Å². The molecule has 8 nitrogen and oxygen atoms in total. The lowest BCUT2D eigenvalue weighted by Gasteiger charge is -2.29. The SMILES string of the molecule is O=C(O)[C@@H]1CN(C(=O)c2nc(-c3ccccc3)n(-c3ccccc3)n2)CCO1. The summed E-state index contributed by atoms with van der Waals surface area (Å²) in [6.07, 6.45) is -1.04. The molecule has 8 heteroatoms. The highest BCUT2D eigenvalue weighted by Gasteiger charge is 2.31. The lowest BCUT2D eigenvalue weighted by molar-refractivity contribution is -0.154. The highest BCUT2D eigenvalue weighted by Crippen LogP contribution is 2.22. The average molecular weight is 378 g/mol. The molecule has 2 heterocycles. The summed E-state index contributed by atoms with van der Waals surface area (Å²) in [7, 11) is 0. The lowest BCUT2D eigenvalue weighted by atomic mass is 10.2. The molecule has 0 radical (unpaired) electrons. The fourth-order valence-corrected chi connectivity index (χ4v) is 3.05. The molecule has 1 aromatic heterocycles. The van der Waals surface area contributed by atoms with E-state index in [9.17, 15) is 9.59 Å². The summed E-state index contributed by atoms with van der Waals surface area (Å²) in [6.45, 7) is 0.422. The zero-order chi connectivity index (χ0) is 19.5. The number of morpholine rings is 1. The number of hydrogen-bond acceptors (Lipinski definition) is 5. The molecule has 0 spiro atoms. The number of para-hydroxylation sites is 1. The predicted molar refractivity (Wildman–Crippen MR) is 100 cm³/mol. The molecule has 3 aromatic rings. The zero-order valence-electron chi connectivity index (χ0n) is 14.9. The third kappa shape index (κ3) is 3.49. The molecule has 1 amide bonds. The first-order valence-corrected chi connectivity index (χ1v) is 8.85. The zero-order valence-corrected chi connectivity index (χ0v) is 14.9. The van der Waals surface area contributed by atoms with Gasteiger partial charge in [0.2, 0.25) is 5.82 Å². The number of carbonyl (C=O) groups excluding carboxylic acids is 1. The number of hydrogen-bond donors (Lipinski definition) is 1. The monoisotopic (exact) mass is 378 g/mol. The average Bonchev–Trinajstić information content (AvgIpc) is 3.20. The van der Waals surface area contributed by atoms with E-state index in [-0.39, 0.29) is 19.0 Å². The Kier molecular flexibility index (Phi) is 4.86. The van der Waals surface area contributed by atoms with Gasteiger partial charge in [-0.25, -0.2) is 14.5 Å². The second-order valence-electron chi connectivity index (χ2n) is 6.32. The second-order valence-corrected chi connectivity index (χ2v) is 6.32. The van der Waals surface area contributed by atoms with Crippen molar-refractivity contribution in [3.63, 3.8) is 0 Å². The Balaban J connectivity index is 1.71. The van der Waals surface area contributed by atoms with E-state index < -0.39 is 18.0 Å². The quantitative estimate of drug-likeness (QED) is 0.744. The van der Waals surface area contributed by atoms with E-state index in [0.29, 0.717) is 12.4 Å². The maximum Gasteiger partial charge on any atom is 0.334 e. The van der Waals surface area contributed by atoms with Gasteiger partial charge >= 0.3 is 5.97 Å². The van der Waals surface area contributed by atoms with Gasteiger partial charge in [-0.15, -0.1) is 5.10 Å². The highest BCUT2D eigenvalue weighted by molar-refractivity contribution is 5.91. The van der Waals surface area contributed by atoms with Crippen molar-refractivity contribution in [1.82, 2.24) is 19.7 Å². The van der Waals surface area contributed by atoms with Crippen LogP contribution in [0.15, 0.2) is 60.7 Å². The van der Waals surface area contributed by atoms with Gasteiger partial charge in [-0.2, -0.15) is 0 Å². The first kappa shape index (κ1) is 17.9. The normalized spacial score (nSPS) is 16.7. The molecule has 1 saturated heterocycles. The Labute approximate surface area is 161 Å². The number of carbonyl (C=O) groups is 2. The maximum absolute atomic E-state index is 12.9. The summed E-state index contributed by atoms with van der Waals surface area (Å²) < 4.78 is 6.81. The lowest BCUT2D eigenvalue weighted by Crippen LogP contribution is -2.48. The standard InChI is InChI=1S/C20H18N4O4/c25-19(23-11-12-28-16(13-23)20(26)27)17-21-18(14-7-3-1-4-8-14)24(22-17)15-9-5-2-6-10-15/h1-10,16H,11-13H2,(H,26,27)/t16-/m0/s1. The molecular formula is C20H18N4O4. The van der Waals surface area contributed by atoms with E-state index >= 15 is 0 Å². The van der Waals surface area contributed by atoms with E-state index in [0.717, 1.165) is 11.3 Å². The van der Waals surface area contributed by atoms with Crippen molar-refractivity contribution in [2.45, 2.75) is 6.10 Å². The van der Waals surface area contributed by atoms with Crippen LogP contribution in [-0.4, -0.2) is 62.4 Å². The van der Waals surface area contributed by atoms with E-state index in [1.165, 1.54) is 4.90 Å². The summed E-state index contributed by atoms with van der Waals surface area (Å²) in [5.41, 5.74) is 1.60. The topological polar surface area (TPSA) is 97.6 Å². The number of benzene rings is 2. The minimum Gasteiger partial charge on any atom is -0.479 e. The summed E-state index contributed by atoms with van der Waals surface area (Å²) in [5, 5.41) is 13.6. The Bertz CT molecular complexity index is 931. The van der Waals surface area contributed by atoms with Crippen molar-refractivity contribution in [1.29, 1.82) is 0 Å². The fourth-order valence-electron chi connectivity index (χ4n) is 3.05. The molecule has 2 aromatic carbocycles. The first-order chi connectivity index (χ1) is 13.6. The Hall–Kier alpha value is -3.52. The number of rotatable bonds is 4. The summed E-state index contributed by atoms with van der Waals surface area (Å²) in [5.74, 6) is -0.946. The van der Waals surface area contributed by atoms with Crippen LogP contribution in [-0.2, 0) is 9.53 Å². The van der Waals surface area contributed by atoms with Gasteiger partial charge in [0.1, 0.15) is 0 Å². The fraction of sp³-hybridized carbons (Fsp3) is 0.200. The third-order valence-corrected chi connectivity index (χ3v) is 4.46. The van der Waals surface area contributed by atoms with Gasteiger partial charge in [0.15, 0.2) is 11.9 Å². The Morgan fingerprint density at radius 3 is 2.39 bits per heavy atom. The molecule has 4 rings (SSSR count). The van der Waals surface area contributed by atoms with Gasteiger partial charge in [-0.3, -0.25) is 4.79 Å². The molecular weight excluding hydrogens is 360 g/mol. The first-order valence-electron chi connectivity index (χ1n) is 8.85. The minimum absolute atomic E-state index is 0.0220. The number of aliphatic carboxylic acids is 1. The molecule has 142 valence electrons. The molecule has 1 aliphatic heterocycles. The summed E-state index contributed by atoms with van der Waals surface area (Å²) >= 11 is 0. The second kappa shape index (κ2) is 7.61. The molecule has 0 saturated carbocycles. The van der Waals surface area contributed by atoms with Crippen molar-refractivity contribution >= 4 is 11.9 Å². The molecule has 0 aliphatic carbocycles. The van der Waals surface area contributed by atoms with Crippen LogP contribution in [0.4, 0.5) is 0 Å². The van der Waals surface area contributed by atoms with Crippen LogP contribution >= 0.6 is 0 Å². The van der Waals surface area contributed by atoms with Crippen LogP contribution in [0.5, 0.6) is 0 Å². The third-order valence-electron chi connectivity index (χ3n) is 4.46. The van der Waals surface area contributed by atoms with Crippen molar-refractivity contribution in [3.8, 4) is 17.1 Å². The van der Waals surface area contributed by atoms with E-state index in [2.05, 4.69) is 10.1 Å². The van der Waals surface area contributed by atoms with Gasteiger partial charge in [-0.05, 0) is 12.1 Å². The van der Waals surface area contributed by atoms with Gasteiger partial charge in [0.25, 0.3) is 5.91 Å². The number of amides is 1. The van der Waals surface area contributed by atoms with Gasteiger partial charge in [0.05, 0.1) is 18.8 Å². The molecule has 1 fully saturated rings. The molecule has 0 unspecified atom stereocenters. The number of ether oxygens (including phenoxy) is 1. The van der Waals surface area contributed by atoms with Crippen LogP contribution in [0, 0.1) is 0 Å². The smallest absolute Gasteiger partial charge is 0.334 e. The van der Waals surface area contributed by atoms with Crippen molar-refractivity contribution in [2.75, 3.05) is 19.7 Å². The number of aromatic nitrogens is 3. The van der Waals surface area contributed by atoms with E-state index in [4.69, 9.17) is 9.84 Å². The molecule has 0 bridgehead atoms. The molecule has 1 aliphatic rings. The summed E-state index contributed by atoms with van der Waals surface area (Å²) in [4.78, 5) is 30.0. The summed E-state index contributed by atoms with van der Waals surface area (Å²) in [6, 6.07) is 18.9. The molecule has 1 atom stereocenters. The maximum atomic E-state index is 12.9. The number of nitrogens with zero attached hydrogens (tertiary/aromatic N) is 4. The van der Waals surface area contributed by atoms with Crippen LogP contribution in [0.1, 0.15) is 10.6 Å². The molecule has 28 heavy (non-hydrogen) atoms. The largest absolute Gasteiger partial charge is 0.479 e. The number of carboxylic acid groups (broad SMARTS) is 1.